The Kier molecular flexibility index (Phi) is 6.62. The van der Waals surface area contributed by atoms with Crippen LogP contribution in [0.2, 0.25) is 0 Å². The summed E-state index contributed by atoms with van der Waals surface area (Å²) in [6.07, 6.45) is 3.08. The third-order valence-electron chi connectivity index (χ3n) is 4.63. The highest BCUT2D eigenvalue weighted by atomic mass is 32.2. The van der Waals surface area contributed by atoms with Crippen LogP contribution in [0.25, 0.3) is 5.69 Å². The van der Waals surface area contributed by atoms with Crippen LogP contribution >= 0.6 is 0 Å². The fraction of sp³-hybridized carbons (Fsp3) is 0.238. The van der Waals surface area contributed by atoms with Crippen LogP contribution in [-0.4, -0.2) is 56.5 Å². The molecule has 0 aliphatic carbocycles. The molecule has 0 radical (unpaired) electrons. The van der Waals surface area contributed by atoms with Gasteiger partial charge in [-0.25, -0.2) is 17.7 Å². The summed E-state index contributed by atoms with van der Waals surface area (Å²) in [7, 11) is 2.57. The second-order valence-electron chi connectivity index (χ2n) is 6.82. The largest absolute Gasteiger partial charge is 0.493 e. The highest BCUT2D eigenvalue weighted by molar-refractivity contribution is 7.89. The van der Waals surface area contributed by atoms with Crippen molar-refractivity contribution in [3.05, 3.63) is 66.2 Å². The van der Waals surface area contributed by atoms with E-state index in [-0.39, 0.29) is 16.5 Å². The van der Waals surface area contributed by atoms with Gasteiger partial charge in [0, 0.05) is 32.5 Å². The molecule has 0 fully saturated rings. The van der Waals surface area contributed by atoms with E-state index in [2.05, 4.69) is 10.3 Å². The van der Waals surface area contributed by atoms with E-state index < -0.39 is 10.0 Å². The molecular formula is C21H24N4O5S. The van der Waals surface area contributed by atoms with Crippen molar-refractivity contribution in [1.82, 2.24) is 19.2 Å². The van der Waals surface area contributed by atoms with Gasteiger partial charge in [-0.1, -0.05) is 6.07 Å². The van der Waals surface area contributed by atoms with E-state index in [4.69, 9.17) is 9.47 Å². The average Bonchev–Trinajstić information content (AvgIpc) is 3.27. The van der Waals surface area contributed by atoms with Crippen LogP contribution in [0.5, 0.6) is 11.5 Å². The third kappa shape index (κ3) is 4.86. The zero-order chi connectivity index (χ0) is 22.6. The van der Waals surface area contributed by atoms with Crippen molar-refractivity contribution in [2.75, 3.05) is 28.3 Å². The summed E-state index contributed by atoms with van der Waals surface area (Å²) in [5.74, 6) is 0.860. The Bertz CT molecular complexity index is 1170. The lowest BCUT2D eigenvalue weighted by molar-refractivity contribution is 0.0946. The number of carbonyl (C=O) groups is 1. The lowest BCUT2D eigenvalue weighted by Gasteiger charge is -2.11. The number of nitrogens with one attached hydrogen (secondary N) is 1. The summed E-state index contributed by atoms with van der Waals surface area (Å²) in [5, 5.41) is 2.81. The first kappa shape index (κ1) is 22.3. The summed E-state index contributed by atoms with van der Waals surface area (Å²) in [6, 6.07) is 11.7. The maximum atomic E-state index is 12.5. The van der Waals surface area contributed by atoms with Crippen LogP contribution in [0.15, 0.2) is 59.9 Å². The molecule has 0 bridgehead atoms. The summed E-state index contributed by atoms with van der Waals surface area (Å²) in [6.45, 7) is 0.295. The molecule has 1 N–H and O–H groups in total. The van der Waals surface area contributed by atoms with Gasteiger partial charge in [0.25, 0.3) is 5.91 Å². The molecule has 9 nitrogen and oxygen atoms in total. The molecule has 1 heterocycles. The second-order valence-corrected chi connectivity index (χ2v) is 8.97. The topological polar surface area (TPSA) is 103 Å². The maximum absolute atomic E-state index is 12.5. The number of aromatic nitrogens is 2. The van der Waals surface area contributed by atoms with Gasteiger partial charge in [-0.2, -0.15) is 0 Å². The quantitative estimate of drug-likeness (QED) is 0.571. The zero-order valence-corrected chi connectivity index (χ0v) is 18.5. The maximum Gasteiger partial charge on any atom is 0.271 e. The molecule has 0 aliphatic heterocycles. The molecule has 0 unspecified atom stereocenters. The molecule has 1 aromatic heterocycles. The fourth-order valence-corrected chi connectivity index (χ4v) is 3.75. The molecule has 0 aliphatic rings. The number of amides is 1. The predicted molar refractivity (Wildman–Crippen MR) is 115 cm³/mol. The van der Waals surface area contributed by atoms with Crippen molar-refractivity contribution >= 4 is 15.9 Å². The van der Waals surface area contributed by atoms with Crippen molar-refractivity contribution in [3.8, 4) is 17.2 Å². The Morgan fingerprint density at radius 3 is 2.35 bits per heavy atom. The van der Waals surface area contributed by atoms with Crippen molar-refractivity contribution in [2.45, 2.75) is 11.4 Å². The van der Waals surface area contributed by atoms with Crippen molar-refractivity contribution < 1.29 is 22.7 Å². The summed E-state index contributed by atoms with van der Waals surface area (Å²) >= 11 is 0. The molecular weight excluding hydrogens is 420 g/mol. The number of carbonyl (C=O) groups excluding carboxylic acids is 1. The summed E-state index contributed by atoms with van der Waals surface area (Å²) in [5.41, 5.74) is 1.78. The standard InChI is InChI=1S/C21H24N4O5S/c1-24(2)31(27,28)17-8-6-16(7-9-17)25-13-18(23-14-25)21(26)22-12-15-5-10-19(29-3)20(11-15)30-4/h5-11,13-14H,12H2,1-4H3,(H,22,26). The molecule has 164 valence electrons. The van der Waals surface area contributed by atoms with Crippen LogP contribution in [0.3, 0.4) is 0 Å². The third-order valence-corrected chi connectivity index (χ3v) is 6.46. The van der Waals surface area contributed by atoms with E-state index >= 15 is 0 Å². The molecule has 3 aromatic rings. The molecule has 0 saturated carbocycles. The highest BCUT2D eigenvalue weighted by Gasteiger charge is 2.17. The molecule has 0 spiro atoms. The molecule has 10 heteroatoms. The number of imidazole rings is 1. The number of hydrogen-bond donors (Lipinski definition) is 1. The normalized spacial score (nSPS) is 11.4. The van der Waals surface area contributed by atoms with Crippen LogP contribution < -0.4 is 14.8 Å². The van der Waals surface area contributed by atoms with Crippen LogP contribution in [0.1, 0.15) is 16.1 Å². The van der Waals surface area contributed by atoms with Gasteiger partial charge in [0.15, 0.2) is 11.5 Å². The molecule has 3 rings (SSSR count). The molecule has 31 heavy (non-hydrogen) atoms. The van der Waals surface area contributed by atoms with Crippen molar-refractivity contribution in [1.29, 1.82) is 0 Å². The van der Waals surface area contributed by atoms with Gasteiger partial charge >= 0.3 is 0 Å². The smallest absolute Gasteiger partial charge is 0.271 e. The lowest BCUT2D eigenvalue weighted by Crippen LogP contribution is -2.23. The van der Waals surface area contributed by atoms with Gasteiger partial charge in [0.1, 0.15) is 12.0 Å². The first-order valence-electron chi connectivity index (χ1n) is 9.32. The van der Waals surface area contributed by atoms with Gasteiger partial charge in [-0.05, 0) is 42.0 Å². The monoisotopic (exact) mass is 444 g/mol. The first-order valence-corrected chi connectivity index (χ1v) is 10.8. The van der Waals surface area contributed by atoms with Crippen molar-refractivity contribution in [3.63, 3.8) is 0 Å². The minimum absolute atomic E-state index is 0.189. The number of methoxy groups -OCH3 is 2. The highest BCUT2D eigenvalue weighted by Crippen LogP contribution is 2.27. The Balaban J connectivity index is 1.68. The van der Waals surface area contributed by atoms with Gasteiger partial charge in [0.2, 0.25) is 10.0 Å². The van der Waals surface area contributed by atoms with Gasteiger partial charge in [-0.3, -0.25) is 4.79 Å². The molecule has 0 saturated heterocycles. The first-order chi connectivity index (χ1) is 14.8. The van der Waals surface area contributed by atoms with Gasteiger partial charge < -0.3 is 19.4 Å². The number of ether oxygens (including phenoxy) is 2. The van der Waals surface area contributed by atoms with E-state index in [0.29, 0.717) is 23.7 Å². The van der Waals surface area contributed by atoms with E-state index in [1.807, 2.05) is 6.07 Å². The molecule has 1 amide bonds. The molecule has 0 atom stereocenters. The van der Waals surface area contributed by atoms with Crippen molar-refractivity contribution in [2.24, 2.45) is 0 Å². The van der Waals surface area contributed by atoms with E-state index in [9.17, 15) is 13.2 Å². The van der Waals surface area contributed by atoms with E-state index in [1.54, 1.807) is 49.2 Å². The number of sulfonamides is 1. The summed E-state index contributed by atoms with van der Waals surface area (Å²) in [4.78, 5) is 16.8. The average molecular weight is 445 g/mol. The SMILES string of the molecule is COc1ccc(CNC(=O)c2cn(-c3ccc(S(=O)(=O)N(C)C)cc3)cn2)cc1OC. The molecule has 2 aromatic carbocycles. The fourth-order valence-electron chi connectivity index (χ4n) is 2.85. The van der Waals surface area contributed by atoms with Crippen LogP contribution in [0.4, 0.5) is 0 Å². The number of benzene rings is 2. The number of hydrogen-bond acceptors (Lipinski definition) is 6. The Morgan fingerprint density at radius 1 is 1.06 bits per heavy atom. The van der Waals surface area contributed by atoms with Gasteiger partial charge in [0.05, 0.1) is 19.1 Å². The number of rotatable bonds is 8. The minimum Gasteiger partial charge on any atom is -0.493 e. The minimum atomic E-state index is -3.50. The lowest BCUT2D eigenvalue weighted by atomic mass is 10.2. The second kappa shape index (κ2) is 9.19. The Hall–Kier alpha value is -3.37. The number of nitrogens with zero attached hydrogens (tertiary/aromatic N) is 3. The van der Waals surface area contributed by atoms with E-state index in [1.165, 1.54) is 32.6 Å². The zero-order valence-electron chi connectivity index (χ0n) is 17.7. The Labute approximate surface area is 181 Å². The van der Waals surface area contributed by atoms with Gasteiger partial charge in [-0.15, -0.1) is 0 Å². The van der Waals surface area contributed by atoms with Crippen LogP contribution in [0, 0.1) is 0 Å². The predicted octanol–water partition coefficient (Wildman–Crippen LogP) is 2.07. The van der Waals surface area contributed by atoms with E-state index in [0.717, 1.165) is 9.87 Å². The Morgan fingerprint density at radius 2 is 1.74 bits per heavy atom. The van der Waals surface area contributed by atoms with Crippen LogP contribution in [-0.2, 0) is 16.6 Å². The summed E-state index contributed by atoms with van der Waals surface area (Å²) < 4.78 is 37.6.